The lowest BCUT2D eigenvalue weighted by molar-refractivity contribution is 0.0600. The molecule has 0 unspecified atom stereocenters. The van der Waals surface area contributed by atoms with Crippen LogP contribution in [0.2, 0.25) is 0 Å². The van der Waals surface area contributed by atoms with Gasteiger partial charge in [-0.25, -0.2) is 9.78 Å². The number of imidazole rings is 1. The van der Waals surface area contributed by atoms with E-state index in [1.54, 1.807) is 26.5 Å². The first-order valence-corrected chi connectivity index (χ1v) is 9.91. The summed E-state index contributed by atoms with van der Waals surface area (Å²) in [7, 11) is 4.60. The van der Waals surface area contributed by atoms with Gasteiger partial charge in [-0.2, -0.15) is 0 Å². The molecule has 0 amide bonds. The van der Waals surface area contributed by atoms with Crippen molar-refractivity contribution >= 4 is 11.6 Å². The number of aromatic nitrogens is 2. The van der Waals surface area contributed by atoms with Crippen molar-refractivity contribution in [2.45, 2.75) is 13.3 Å². The molecule has 2 heterocycles. The third-order valence-corrected chi connectivity index (χ3v) is 5.29. The van der Waals surface area contributed by atoms with Crippen molar-refractivity contribution in [3.8, 4) is 22.8 Å². The van der Waals surface area contributed by atoms with Crippen LogP contribution < -0.4 is 9.47 Å². The second kappa shape index (κ2) is 8.52. The molecule has 2 aromatic heterocycles. The highest BCUT2D eigenvalue weighted by atomic mass is 16.5. The van der Waals surface area contributed by atoms with Crippen molar-refractivity contribution in [1.82, 2.24) is 9.38 Å². The van der Waals surface area contributed by atoms with Gasteiger partial charge in [0.25, 0.3) is 0 Å². The number of methoxy groups -OCH3 is 3. The minimum Gasteiger partial charge on any atom is -0.493 e. The van der Waals surface area contributed by atoms with E-state index in [2.05, 4.69) is 31.2 Å². The fourth-order valence-corrected chi connectivity index (χ4v) is 3.61. The van der Waals surface area contributed by atoms with Gasteiger partial charge in [-0.05, 0) is 42.8 Å². The summed E-state index contributed by atoms with van der Waals surface area (Å²) in [6, 6.07) is 17.7. The molecule has 4 aromatic rings. The predicted molar refractivity (Wildman–Crippen MR) is 119 cm³/mol. The van der Waals surface area contributed by atoms with E-state index >= 15 is 0 Å². The van der Waals surface area contributed by atoms with Crippen molar-refractivity contribution < 1.29 is 19.0 Å². The van der Waals surface area contributed by atoms with E-state index in [-0.39, 0.29) is 5.97 Å². The Morgan fingerprint density at radius 1 is 0.935 bits per heavy atom. The number of pyridine rings is 1. The molecule has 0 aliphatic rings. The van der Waals surface area contributed by atoms with Gasteiger partial charge >= 0.3 is 5.97 Å². The van der Waals surface area contributed by atoms with Gasteiger partial charge in [-0.15, -0.1) is 0 Å². The summed E-state index contributed by atoms with van der Waals surface area (Å²) in [5.74, 6) is 0.904. The number of rotatable bonds is 6. The Labute approximate surface area is 181 Å². The number of hydrogen-bond donors (Lipinski definition) is 0. The van der Waals surface area contributed by atoms with Gasteiger partial charge in [0.2, 0.25) is 0 Å². The lowest BCUT2D eigenvalue weighted by atomic mass is 10.0. The molecule has 2 aromatic carbocycles. The maximum absolute atomic E-state index is 12.1. The molecule has 0 radical (unpaired) electrons. The highest BCUT2D eigenvalue weighted by Crippen LogP contribution is 2.34. The van der Waals surface area contributed by atoms with Crippen molar-refractivity contribution in [2.75, 3.05) is 21.3 Å². The number of fused-ring (bicyclic) bond motifs is 1. The molecule has 0 aliphatic heterocycles. The summed E-state index contributed by atoms with van der Waals surface area (Å²) < 4.78 is 17.7. The number of aryl methyl sites for hydroxylation is 1. The summed E-state index contributed by atoms with van der Waals surface area (Å²) in [6.45, 7) is 2.07. The standard InChI is InChI=1S/C25H24N2O4/c1-16-5-7-17(8-6-16)13-20-24(18-9-11-21(29-2)22(14-18)30-3)26-23-12-10-19(15-27(20)23)25(28)31-4/h5-12,14-15H,13H2,1-4H3. The molecule has 158 valence electrons. The first-order valence-electron chi connectivity index (χ1n) is 9.91. The average molecular weight is 416 g/mol. The van der Waals surface area contributed by atoms with Crippen LogP contribution in [0.4, 0.5) is 0 Å². The zero-order chi connectivity index (χ0) is 22.0. The monoisotopic (exact) mass is 416 g/mol. The maximum atomic E-state index is 12.1. The third-order valence-electron chi connectivity index (χ3n) is 5.29. The van der Waals surface area contributed by atoms with Crippen LogP contribution in [-0.2, 0) is 11.2 Å². The number of carbonyl (C=O) groups is 1. The quantitative estimate of drug-likeness (QED) is 0.426. The maximum Gasteiger partial charge on any atom is 0.339 e. The zero-order valence-electron chi connectivity index (χ0n) is 18.0. The van der Waals surface area contributed by atoms with Crippen LogP contribution >= 0.6 is 0 Å². The van der Waals surface area contributed by atoms with E-state index < -0.39 is 0 Å². The van der Waals surface area contributed by atoms with Gasteiger partial charge in [0.1, 0.15) is 5.65 Å². The van der Waals surface area contributed by atoms with E-state index in [1.807, 2.05) is 28.7 Å². The summed E-state index contributed by atoms with van der Waals surface area (Å²) in [4.78, 5) is 17.0. The molecule has 4 rings (SSSR count). The summed E-state index contributed by atoms with van der Waals surface area (Å²) in [6.07, 6.45) is 2.43. The largest absolute Gasteiger partial charge is 0.493 e. The number of ether oxygens (including phenoxy) is 3. The summed E-state index contributed by atoms with van der Waals surface area (Å²) in [5, 5.41) is 0. The number of carbonyl (C=O) groups excluding carboxylic acids is 1. The van der Waals surface area contributed by atoms with Crippen molar-refractivity contribution in [3.05, 3.63) is 83.2 Å². The number of hydrogen-bond acceptors (Lipinski definition) is 5. The highest BCUT2D eigenvalue weighted by molar-refractivity contribution is 5.89. The van der Waals surface area contributed by atoms with Crippen LogP contribution in [0.25, 0.3) is 16.9 Å². The predicted octanol–water partition coefficient (Wildman–Crippen LogP) is 4.70. The first kappa shape index (κ1) is 20.5. The number of benzene rings is 2. The van der Waals surface area contributed by atoms with Gasteiger partial charge in [-0.3, -0.25) is 0 Å². The first-order chi connectivity index (χ1) is 15.0. The normalized spacial score (nSPS) is 10.8. The van der Waals surface area contributed by atoms with Gasteiger partial charge in [0.05, 0.1) is 38.3 Å². The Morgan fingerprint density at radius 2 is 1.68 bits per heavy atom. The van der Waals surface area contributed by atoms with Crippen LogP contribution in [0.15, 0.2) is 60.8 Å². The van der Waals surface area contributed by atoms with Gasteiger partial charge in [0.15, 0.2) is 11.5 Å². The SMILES string of the molecule is COC(=O)c1ccc2nc(-c3ccc(OC)c(OC)c3)c(Cc3ccc(C)cc3)n2c1. The number of nitrogens with zero attached hydrogens (tertiary/aromatic N) is 2. The minimum atomic E-state index is -0.385. The Kier molecular flexibility index (Phi) is 5.62. The Hall–Kier alpha value is -3.80. The molecule has 0 atom stereocenters. The van der Waals surface area contributed by atoms with E-state index in [1.165, 1.54) is 12.7 Å². The van der Waals surface area contributed by atoms with Gasteiger partial charge in [-0.1, -0.05) is 29.8 Å². The highest BCUT2D eigenvalue weighted by Gasteiger charge is 2.18. The molecule has 0 fully saturated rings. The molecule has 0 bridgehead atoms. The molecule has 6 heteroatoms. The Balaban J connectivity index is 1.91. The van der Waals surface area contributed by atoms with Crippen LogP contribution in [0, 0.1) is 6.92 Å². The van der Waals surface area contributed by atoms with Crippen LogP contribution in [0.3, 0.4) is 0 Å². The van der Waals surface area contributed by atoms with Crippen molar-refractivity contribution in [3.63, 3.8) is 0 Å². The Bertz CT molecular complexity index is 1240. The molecular weight excluding hydrogens is 392 g/mol. The average Bonchev–Trinajstić information content (AvgIpc) is 3.17. The minimum absolute atomic E-state index is 0.385. The smallest absolute Gasteiger partial charge is 0.339 e. The van der Waals surface area contributed by atoms with Crippen LogP contribution in [0.5, 0.6) is 11.5 Å². The van der Waals surface area contributed by atoms with E-state index in [0.717, 1.165) is 28.2 Å². The third kappa shape index (κ3) is 3.97. The van der Waals surface area contributed by atoms with Gasteiger partial charge in [0, 0.05) is 18.2 Å². The van der Waals surface area contributed by atoms with Crippen LogP contribution in [-0.4, -0.2) is 36.7 Å². The molecule has 31 heavy (non-hydrogen) atoms. The summed E-state index contributed by atoms with van der Waals surface area (Å²) >= 11 is 0. The lowest BCUT2D eigenvalue weighted by Crippen LogP contribution is -2.04. The van der Waals surface area contributed by atoms with Crippen molar-refractivity contribution in [2.24, 2.45) is 0 Å². The molecule has 0 spiro atoms. The molecular formula is C25H24N2O4. The van der Waals surface area contributed by atoms with Crippen LogP contribution in [0.1, 0.15) is 27.2 Å². The fourth-order valence-electron chi connectivity index (χ4n) is 3.61. The molecule has 0 saturated carbocycles. The molecule has 0 N–H and O–H groups in total. The number of esters is 1. The van der Waals surface area contributed by atoms with E-state index in [4.69, 9.17) is 19.2 Å². The topological polar surface area (TPSA) is 62.1 Å². The van der Waals surface area contributed by atoms with E-state index in [9.17, 15) is 4.79 Å². The second-order valence-electron chi connectivity index (χ2n) is 7.28. The fraction of sp³-hybridized carbons (Fsp3) is 0.200. The Morgan fingerprint density at radius 3 is 2.35 bits per heavy atom. The van der Waals surface area contributed by atoms with Gasteiger partial charge < -0.3 is 18.6 Å². The molecule has 6 nitrogen and oxygen atoms in total. The molecule has 0 aliphatic carbocycles. The van der Waals surface area contributed by atoms with Crippen molar-refractivity contribution in [1.29, 1.82) is 0 Å². The summed E-state index contributed by atoms with van der Waals surface area (Å²) in [5.41, 5.74) is 6.27. The van der Waals surface area contributed by atoms with E-state index in [0.29, 0.717) is 23.5 Å². The second-order valence-corrected chi connectivity index (χ2v) is 7.28. The zero-order valence-corrected chi connectivity index (χ0v) is 18.0. The molecule has 0 saturated heterocycles. The lowest BCUT2D eigenvalue weighted by Gasteiger charge is -2.10.